The van der Waals surface area contributed by atoms with Crippen LogP contribution in [0.5, 0.6) is 0 Å². The number of hydrogen-bond donors (Lipinski definition) is 2. The zero-order chi connectivity index (χ0) is 34.2. The van der Waals surface area contributed by atoms with Gasteiger partial charge in [0.05, 0.1) is 36.4 Å². The van der Waals surface area contributed by atoms with E-state index in [9.17, 15) is 19.5 Å². The number of carboxylic acid groups (broad SMARTS) is 1. The Morgan fingerprint density at radius 2 is 1.77 bits per heavy atom. The quantitative estimate of drug-likeness (QED) is 0.158. The molecule has 1 fully saturated rings. The minimum Gasteiger partial charge on any atom is -0.478 e. The van der Waals surface area contributed by atoms with Crippen molar-refractivity contribution in [1.29, 1.82) is 0 Å². The summed E-state index contributed by atoms with van der Waals surface area (Å²) >= 11 is 1.30. The van der Waals surface area contributed by atoms with E-state index in [1.807, 2.05) is 55.5 Å². The first-order valence-electron chi connectivity index (χ1n) is 16.8. The number of amides is 1. The van der Waals surface area contributed by atoms with Crippen molar-refractivity contribution in [3.8, 4) is 11.1 Å². The molecule has 1 aliphatic rings. The highest BCUT2D eigenvalue weighted by Crippen LogP contribution is 2.27. The number of nitrogens with one attached hydrogen (secondary N) is 1. The molecule has 0 bridgehead atoms. The van der Waals surface area contributed by atoms with Crippen LogP contribution in [0.15, 0.2) is 60.7 Å². The minimum atomic E-state index is -0.953. The number of carboxylic acids is 1. The van der Waals surface area contributed by atoms with Crippen molar-refractivity contribution in [3.05, 3.63) is 88.7 Å². The maximum Gasteiger partial charge on any atom is 0.336 e. The zero-order valence-corrected chi connectivity index (χ0v) is 29.1. The summed E-state index contributed by atoms with van der Waals surface area (Å²) < 4.78 is 7.58. The summed E-state index contributed by atoms with van der Waals surface area (Å²) in [5.74, 6) is 0.737. The van der Waals surface area contributed by atoms with E-state index in [0.29, 0.717) is 49.1 Å². The summed E-state index contributed by atoms with van der Waals surface area (Å²) in [4.78, 5) is 45.4. The number of aryl methyl sites for hydroxylation is 2. The number of aromatic nitrogens is 2. The van der Waals surface area contributed by atoms with E-state index < -0.39 is 5.97 Å². The van der Waals surface area contributed by atoms with Crippen LogP contribution >= 0.6 is 11.8 Å². The molecule has 4 aromatic rings. The van der Waals surface area contributed by atoms with E-state index in [1.165, 1.54) is 11.8 Å². The van der Waals surface area contributed by atoms with Crippen molar-refractivity contribution in [2.75, 3.05) is 38.6 Å². The van der Waals surface area contributed by atoms with Crippen molar-refractivity contribution >= 4 is 39.8 Å². The lowest BCUT2D eigenvalue weighted by atomic mass is 9.98. The molecule has 0 spiro atoms. The van der Waals surface area contributed by atoms with Crippen LogP contribution in [0, 0.1) is 12.8 Å². The lowest BCUT2D eigenvalue weighted by Gasteiger charge is -2.26. The van der Waals surface area contributed by atoms with Gasteiger partial charge in [-0.25, -0.2) is 9.78 Å². The number of rotatable bonds is 14. The van der Waals surface area contributed by atoms with Crippen LogP contribution in [0.1, 0.15) is 71.3 Å². The van der Waals surface area contributed by atoms with Gasteiger partial charge in [0.1, 0.15) is 5.82 Å². The van der Waals surface area contributed by atoms with Crippen LogP contribution in [-0.2, 0) is 22.5 Å². The fraction of sp³-hybridized carbons (Fsp3) is 0.421. The SMILES string of the molecule is CCCc1nc2c(C)cc(C(=O)N[C@@H](CSC(=O)CN3CCOCC3)CC(C)C)cc2n1Cc1ccc(-c2ccccc2C(=O)O)cc1. The van der Waals surface area contributed by atoms with Gasteiger partial charge in [0.15, 0.2) is 0 Å². The van der Waals surface area contributed by atoms with Gasteiger partial charge in [0.2, 0.25) is 5.12 Å². The number of nitrogens with zero attached hydrogens (tertiary/aromatic N) is 3. The highest BCUT2D eigenvalue weighted by atomic mass is 32.2. The third-order valence-electron chi connectivity index (χ3n) is 8.62. The first-order chi connectivity index (χ1) is 23.1. The van der Waals surface area contributed by atoms with Crippen molar-refractivity contribution in [3.63, 3.8) is 0 Å². The van der Waals surface area contributed by atoms with Crippen molar-refractivity contribution in [2.24, 2.45) is 5.92 Å². The number of thioether (sulfide) groups is 1. The molecule has 1 aromatic heterocycles. The monoisotopic (exact) mass is 670 g/mol. The van der Waals surface area contributed by atoms with Crippen molar-refractivity contribution in [2.45, 2.75) is 59.5 Å². The first kappa shape index (κ1) is 35.3. The number of hydrogen-bond acceptors (Lipinski definition) is 7. The molecule has 2 heterocycles. The van der Waals surface area contributed by atoms with Crippen LogP contribution in [0.4, 0.5) is 0 Å². The topological polar surface area (TPSA) is 114 Å². The van der Waals surface area contributed by atoms with Gasteiger partial charge >= 0.3 is 5.97 Å². The Balaban J connectivity index is 1.35. The number of carbonyl (C=O) groups is 3. The van der Waals surface area contributed by atoms with Crippen LogP contribution < -0.4 is 5.32 Å². The highest BCUT2D eigenvalue weighted by Gasteiger charge is 2.22. The predicted molar refractivity (Wildman–Crippen MR) is 192 cm³/mol. The van der Waals surface area contributed by atoms with E-state index in [0.717, 1.165) is 65.9 Å². The molecular formula is C38H46N4O5S. The van der Waals surface area contributed by atoms with Crippen molar-refractivity contribution in [1.82, 2.24) is 19.8 Å². The molecule has 1 aliphatic heterocycles. The van der Waals surface area contributed by atoms with E-state index in [4.69, 9.17) is 9.72 Å². The second-order valence-corrected chi connectivity index (χ2v) is 14.0. The van der Waals surface area contributed by atoms with Gasteiger partial charge in [-0.2, -0.15) is 0 Å². The van der Waals surface area contributed by atoms with Gasteiger partial charge in [-0.05, 0) is 66.1 Å². The number of imidazole rings is 1. The molecular weight excluding hydrogens is 625 g/mol. The molecule has 3 aromatic carbocycles. The van der Waals surface area contributed by atoms with Crippen LogP contribution in [0.3, 0.4) is 0 Å². The van der Waals surface area contributed by atoms with Crippen LogP contribution in [-0.4, -0.2) is 81.2 Å². The summed E-state index contributed by atoms with van der Waals surface area (Å²) in [6.45, 7) is 12.2. The molecule has 2 N–H and O–H groups in total. The number of benzene rings is 3. The highest BCUT2D eigenvalue weighted by molar-refractivity contribution is 8.13. The minimum absolute atomic E-state index is 0.114. The standard InChI is InChI=1S/C38H46N4O5S/c1-5-8-34-40-36-26(4)20-29(37(44)39-30(19-25(2)3)24-48-35(43)23-41-15-17-47-18-16-41)21-33(36)42(34)22-27-11-13-28(14-12-27)31-9-6-7-10-32(31)38(45)46/h6-7,9-14,20-21,25,30H,5,8,15-19,22-24H2,1-4H3,(H,39,44)(H,45,46)/t30-/m1/s1. The molecule has 1 saturated heterocycles. The van der Waals surface area contributed by atoms with Gasteiger partial charge in [-0.1, -0.05) is 75.0 Å². The van der Waals surface area contributed by atoms with Gasteiger partial charge in [0.25, 0.3) is 5.91 Å². The number of fused-ring (bicyclic) bond motifs is 1. The zero-order valence-electron chi connectivity index (χ0n) is 28.3. The Labute approximate surface area is 287 Å². The summed E-state index contributed by atoms with van der Waals surface area (Å²) in [6, 6.07) is 18.7. The molecule has 9 nitrogen and oxygen atoms in total. The summed E-state index contributed by atoms with van der Waals surface area (Å²) in [5, 5.41) is 13.0. The van der Waals surface area contributed by atoms with Crippen LogP contribution in [0.2, 0.25) is 0 Å². The predicted octanol–water partition coefficient (Wildman–Crippen LogP) is 6.45. The van der Waals surface area contributed by atoms with Gasteiger partial charge in [0, 0.05) is 43.4 Å². The van der Waals surface area contributed by atoms with E-state index in [2.05, 4.69) is 35.6 Å². The Hall–Kier alpha value is -3.99. The molecule has 1 atom stereocenters. The van der Waals surface area contributed by atoms with Crippen molar-refractivity contribution < 1.29 is 24.2 Å². The van der Waals surface area contributed by atoms with Gasteiger partial charge < -0.3 is 19.7 Å². The molecule has 0 unspecified atom stereocenters. The average Bonchev–Trinajstić information content (AvgIpc) is 3.41. The summed E-state index contributed by atoms with van der Waals surface area (Å²) in [6.07, 6.45) is 2.50. The Morgan fingerprint density at radius 1 is 1.04 bits per heavy atom. The Morgan fingerprint density at radius 3 is 2.46 bits per heavy atom. The molecule has 1 amide bonds. The average molecular weight is 671 g/mol. The largest absolute Gasteiger partial charge is 0.478 e. The summed E-state index contributed by atoms with van der Waals surface area (Å²) in [5.41, 5.74) is 6.13. The van der Waals surface area contributed by atoms with E-state index in [-0.39, 0.29) is 22.6 Å². The number of carbonyl (C=O) groups excluding carboxylic acids is 2. The van der Waals surface area contributed by atoms with E-state index in [1.54, 1.807) is 12.1 Å². The smallest absolute Gasteiger partial charge is 0.336 e. The van der Waals surface area contributed by atoms with Gasteiger partial charge in [-0.3, -0.25) is 14.5 Å². The first-order valence-corrected chi connectivity index (χ1v) is 17.8. The Bertz CT molecular complexity index is 1740. The molecule has 48 heavy (non-hydrogen) atoms. The molecule has 5 rings (SSSR count). The molecule has 254 valence electrons. The maximum atomic E-state index is 13.7. The molecule has 10 heteroatoms. The maximum absolute atomic E-state index is 13.7. The second-order valence-electron chi connectivity index (χ2n) is 12.9. The number of ether oxygens (including phenoxy) is 1. The van der Waals surface area contributed by atoms with Crippen LogP contribution in [0.25, 0.3) is 22.2 Å². The van der Waals surface area contributed by atoms with Gasteiger partial charge in [-0.15, -0.1) is 0 Å². The Kier molecular flexibility index (Phi) is 12.1. The third kappa shape index (κ3) is 8.92. The fourth-order valence-corrected chi connectivity index (χ4v) is 7.12. The molecule has 0 aliphatic carbocycles. The molecule has 0 radical (unpaired) electrons. The lowest BCUT2D eigenvalue weighted by Crippen LogP contribution is -2.40. The number of aromatic carboxylic acids is 1. The summed E-state index contributed by atoms with van der Waals surface area (Å²) in [7, 11) is 0. The normalized spacial score (nSPS) is 14.4. The fourth-order valence-electron chi connectivity index (χ4n) is 6.24. The van der Waals surface area contributed by atoms with E-state index >= 15 is 0 Å². The second kappa shape index (κ2) is 16.4. The molecule has 0 saturated carbocycles. The third-order valence-corrected chi connectivity index (χ3v) is 9.64. The number of morpholine rings is 1. The lowest BCUT2D eigenvalue weighted by molar-refractivity contribution is -0.113.